The van der Waals surface area contributed by atoms with Gasteiger partial charge >= 0.3 is 0 Å². The third-order valence-electron chi connectivity index (χ3n) is 9.40. The second kappa shape index (κ2) is 9.47. The summed E-state index contributed by atoms with van der Waals surface area (Å²) in [6.45, 7) is 9.06. The molecular formula is C41H33NO. The van der Waals surface area contributed by atoms with Gasteiger partial charge in [0.05, 0.1) is 11.0 Å². The topological polar surface area (TPSA) is 14.2 Å². The molecule has 0 N–H and O–H groups in total. The number of hydrogen-bond acceptors (Lipinski definition) is 1. The third-order valence-corrected chi connectivity index (χ3v) is 9.40. The van der Waals surface area contributed by atoms with E-state index in [0.717, 1.165) is 22.7 Å². The van der Waals surface area contributed by atoms with Crippen LogP contribution in [0.4, 0.5) is 0 Å². The van der Waals surface area contributed by atoms with Crippen LogP contribution in [0.5, 0.6) is 11.5 Å². The number of rotatable bonds is 3. The fourth-order valence-electron chi connectivity index (χ4n) is 7.25. The average molecular weight is 556 g/mol. The highest BCUT2D eigenvalue weighted by atomic mass is 16.5. The highest BCUT2D eigenvalue weighted by molar-refractivity contribution is 6.09. The molecule has 0 fully saturated rings. The Morgan fingerprint density at radius 2 is 1.23 bits per heavy atom. The van der Waals surface area contributed by atoms with Gasteiger partial charge < -0.3 is 9.30 Å². The van der Waals surface area contributed by atoms with Crippen molar-refractivity contribution in [1.82, 2.24) is 4.57 Å². The zero-order valence-electron chi connectivity index (χ0n) is 25.0. The highest BCUT2D eigenvalue weighted by Crippen LogP contribution is 2.52. The molecule has 2 heterocycles. The molecule has 208 valence electrons. The molecule has 0 saturated heterocycles. The molecule has 0 saturated carbocycles. The summed E-state index contributed by atoms with van der Waals surface area (Å²) < 4.78 is 9.09. The lowest BCUT2D eigenvalue weighted by Crippen LogP contribution is -2.24. The standard InChI is InChI=1S/C41H33NO/c1-26-23-24-30(27(2)39(26)33-17-12-19-35-40(33)43-38-22-10-7-18-34(38)41(35,3)4)28-13-11-14-29(25-28)42-36-20-8-5-15-31(36)32-16-6-9-21-37(32)42/h5-25H,1-4H3. The van der Waals surface area contributed by atoms with E-state index in [-0.39, 0.29) is 5.41 Å². The molecule has 43 heavy (non-hydrogen) atoms. The van der Waals surface area contributed by atoms with Crippen LogP contribution in [0.1, 0.15) is 36.1 Å². The lowest BCUT2D eigenvalue weighted by atomic mass is 9.74. The second-order valence-electron chi connectivity index (χ2n) is 12.3. The molecule has 0 unspecified atom stereocenters. The summed E-state index contributed by atoms with van der Waals surface area (Å²) in [6.07, 6.45) is 0. The van der Waals surface area contributed by atoms with E-state index in [1.165, 1.54) is 60.8 Å². The van der Waals surface area contributed by atoms with Gasteiger partial charge in [-0.2, -0.15) is 0 Å². The van der Waals surface area contributed by atoms with Crippen LogP contribution in [0.2, 0.25) is 0 Å². The maximum absolute atomic E-state index is 6.70. The van der Waals surface area contributed by atoms with Crippen molar-refractivity contribution in [2.45, 2.75) is 33.1 Å². The van der Waals surface area contributed by atoms with Gasteiger partial charge in [-0.15, -0.1) is 0 Å². The summed E-state index contributed by atoms with van der Waals surface area (Å²) in [6, 6.07) is 45.9. The van der Waals surface area contributed by atoms with E-state index in [9.17, 15) is 0 Å². The average Bonchev–Trinajstić information content (AvgIpc) is 3.36. The fraction of sp³-hybridized carbons (Fsp3) is 0.122. The normalized spacial score (nSPS) is 13.5. The molecule has 0 amide bonds. The summed E-state index contributed by atoms with van der Waals surface area (Å²) in [5, 5.41) is 2.55. The van der Waals surface area contributed by atoms with Gasteiger partial charge in [0.1, 0.15) is 11.5 Å². The molecule has 8 rings (SSSR count). The van der Waals surface area contributed by atoms with E-state index in [2.05, 4.69) is 160 Å². The number of aromatic nitrogens is 1. The Morgan fingerprint density at radius 1 is 0.581 bits per heavy atom. The van der Waals surface area contributed by atoms with E-state index in [1.807, 2.05) is 0 Å². The Bertz CT molecular complexity index is 2160. The van der Waals surface area contributed by atoms with Gasteiger partial charge in [0, 0.05) is 38.6 Å². The molecule has 1 aliphatic heterocycles. The predicted octanol–water partition coefficient (Wildman–Crippen LogP) is 11.2. The first kappa shape index (κ1) is 25.6. The highest BCUT2D eigenvalue weighted by Gasteiger charge is 2.35. The number of para-hydroxylation sites is 4. The van der Waals surface area contributed by atoms with E-state index in [4.69, 9.17) is 4.74 Å². The van der Waals surface area contributed by atoms with E-state index in [0.29, 0.717) is 0 Å². The maximum Gasteiger partial charge on any atom is 0.139 e. The van der Waals surface area contributed by atoms with Gasteiger partial charge in [0.25, 0.3) is 0 Å². The predicted molar refractivity (Wildman–Crippen MR) is 180 cm³/mol. The van der Waals surface area contributed by atoms with E-state index in [1.54, 1.807) is 0 Å². The van der Waals surface area contributed by atoms with Gasteiger partial charge in [-0.05, 0) is 72.0 Å². The Morgan fingerprint density at radius 3 is 2.00 bits per heavy atom. The van der Waals surface area contributed by atoms with Crippen molar-refractivity contribution >= 4 is 21.8 Å². The molecule has 1 aliphatic rings. The van der Waals surface area contributed by atoms with Crippen LogP contribution in [0, 0.1) is 13.8 Å². The first-order chi connectivity index (χ1) is 20.9. The molecular weight excluding hydrogens is 522 g/mol. The Balaban J connectivity index is 1.30. The molecule has 6 aromatic carbocycles. The SMILES string of the molecule is Cc1ccc(-c2cccc(-n3c4ccccc4c4ccccc43)c2)c(C)c1-c1cccc2c1Oc1ccccc1C2(C)C. The fourth-order valence-corrected chi connectivity index (χ4v) is 7.25. The summed E-state index contributed by atoms with van der Waals surface area (Å²) in [7, 11) is 0. The number of nitrogens with zero attached hydrogens (tertiary/aromatic N) is 1. The van der Waals surface area contributed by atoms with Gasteiger partial charge in [-0.25, -0.2) is 0 Å². The Labute approximate surface area is 252 Å². The third kappa shape index (κ3) is 3.79. The number of aryl methyl sites for hydroxylation is 1. The molecule has 1 aromatic heterocycles. The van der Waals surface area contributed by atoms with Crippen molar-refractivity contribution in [3.8, 4) is 39.4 Å². The maximum atomic E-state index is 6.70. The van der Waals surface area contributed by atoms with Crippen LogP contribution >= 0.6 is 0 Å². The summed E-state index contributed by atoms with van der Waals surface area (Å²) >= 11 is 0. The van der Waals surface area contributed by atoms with Crippen molar-refractivity contribution in [1.29, 1.82) is 0 Å². The first-order valence-electron chi connectivity index (χ1n) is 15.0. The van der Waals surface area contributed by atoms with E-state index < -0.39 is 0 Å². The second-order valence-corrected chi connectivity index (χ2v) is 12.3. The van der Waals surface area contributed by atoms with Crippen molar-refractivity contribution in [3.05, 3.63) is 150 Å². The van der Waals surface area contributed by atoms with Crippen LogP contribution in [-0.4, -0.2) is 4.57 Å². The molecule has 0 spiro atoms. The van der Waals surface area contributed by atoms with Crippen molar-refractivity contribution in [3.63, 3.8) is 0 Å². The number of benzene rings is 6. The smallest absolute Gasteiger partial charge is 0.139 e. The molecule has 2 heteroatoms. The first-order valence-corrected chi connectivity index (χ1v) is 15.0. The van der Waals surface area contributed by atoms with E-state index >= 15 is 0 Å². The molecule has 0 radical (unpaired) electrons. The summed E-state index contributed by atoms with van der Waals surface area (Å²) in [5.41, 5.74) is 13.2. The Hall–Kier alpha value is -5.08. The van der Waals surface area contributed by atoms with Crippen LogP contribution in [0.3, 0.4) is 0 Å². The van der Waals surface area contributed by atoms with Crippen molar-refractivity contribution in [2.75, 3.05) is 0 Å². The monoisotopic (exact) mass is 555 g/mol. The number of ether oxygens (including phenoxy) is 1. The largest absolute Gasteiger partial charge is 0.456 e. The molecule has 0 bridgehead atoms. The lowest BCUT2D eigenvalue weighted by Gasteiger charge is -2.35. The van der Waals surface area contributed by atoms with Gasteiger partial charge in [-0.1, -0.05) is 111 Å². The van der Waals surface area contributed by atoms with Crippen LogP contribution in [-0.2, 0) is 5.41 Å². The van der Waals surface area contributed by atoms with Gasteiger partial charge in [0.15, 0.2) is 0 Å². The molecule has 2 nitrogen and oxygen atoms in total. The van der Waals surface area contributed by atoms with Crippen LogP contribution in [0.15, 0.2) is 127 Å². The summed E-state index contributed by atoms with van der Waals surface area (Å²) in [5.74, 6) is 1.91. The minimum atomic E-state index is -0.156. The Kier molecular flexibility index (Phi) is 5.64. The summed E-state index contributed by atoms with van der Waals surface area (Å²) in [4.78, 5) is 0. The van der Waals surface area contributed by atoms with Crippen LogP contribution in [0.25, 0.3) is 49.7 Å². The molecule has 0 atom stereocenters. The minimum Gasteiger partial charge on any atom is -0.456 e. The number of hydrogen-bond donors (Lipinski definition) is 0. The zero-order valence-corrected chi connectivity index (χ0v) is 25.0. The van der Waals surface area contributed by atoms with Crippen molar-refractivity contribution < 1.29 is 4.74 Å². The quantitative estimate of drug-likeness (QED) is 0.211. The zero-order chi connectivity index (χ0) is 29.3. The lowest BCUT2D eigenvalue weighted by molar-refractivity contribution is 0.419. The number of fused-ring (bicyclic) bond motifs is 5. The van der Waals surface area contributed by atoms with Gasteiger partial charge in [0.2, 0.25) is 0 Å². The van der Waals surface area contributed by atoms with Crippen molar-refractivity contribution in [2.24, 2.45) is 0 Å². The minimum absolute atomic E-state index is 0.156. The van der Waals surface area contributed by atoms with Gasteiger partial charge in [-0.3, -0.25) is 0 Å². The molecule has 7 aromatic rings. The molecule has 0 aliphatic carbocycles. The van der Waals surface area contributed by atoms with Crippen LogP contribution < -0.4 is 4.74 Å².